The summed E-state index contributed by atoms with van der Waals surface area (Å²) in [5.74, 6) is 0.517. The van der Waals surface area contributed by atoms with Gasteiger partial charge in [-0.15, -0.1) is 4.83 Å². The van der Waals surface area contributed by atoms with Crippen molar-refractivity contribution in [1.29, 1.82) is 0 Å². The summed E-state index contributed by atoms with van der Waals surface area (Å²) < 4.78 is 28.6. The van der Waals surface area contributed by atoms with Gasteiger partial charge in [0.2, 0.25) is 0 Å². The van der Waals surface area contributed by atoms with Crippen molar-refractivity contribution in [3.8, 4) is 5.75 Å². The molecule has 0 bridgehead atoms. The molecule has 1 rings (SSSR count). The Morgan fingerprint density at radius 2 is 1.88 bits per heavy atom. The third-order valence-electron chi connectivity index (χ3n) is 1.80. The number of hydrogen-bond donors (Lipinski definition) is 2. The molecule has 7 heteroatoms. The average molecular weight is 260 g/mol. The fraction of sp³-hybridized carbons (Fsp3) is 0.400. The summed E-state index contributed by atoms with van der Waals surface area (Å²) in [5.41, 5.74) is 0. The summed E-state index contributed by atoms with van der Waals surface area (Å²) >= 11 is 0. The van der Waals surface area contributed by atoms with E-state index in [1.807, 2.05) is 0 Å². The topological polar surface area (TPSA) is 78.9 Å². The van der Waals surface area contributed by atoms with E-state index in [1.165, 1.54) is 17.1 Å². The van der Waals surface area contributed by atoms with Crippen molar-refractivity contribution in [2.75, 3.05) is 27.3 Å². The quantitative estimate of drug-likeness (QED) is 0.693. The first-order valence-corrected chi connectivity index (χ1v) is 6.47. The van der Waals surface area contributed by atoms with Gasteiger partial charge in [-0.25, -0.2) is 13.4 Å². The molecule has 6 nitrogen and oxygen atoms in total. The highest BCUT2D eigenvalue weighted by molar-refractivity contribution is 7.89. The largest absolute Gasteiger partial charge is 0.491 e. The molecule has 0 fully saturated rings. The minimum atomic E-state index is -3.53. The van der Waals surface area contributed by atoms with Gasteiger partial charge in [-0.2, -0.15) is 0 Å². The summed E-state index contributed by atoms with van der Waals surface area (Å²) in [5, 5.41) is 9.93. The maximum atomic E-state index is 11.7. The zero-order chi connectivity index (χ0) is 12.9. The fourth-order valence-corrected chi connectivity index (χ4v) is 2.25. The number of hydrazine groups is 1. The number of benzene rings is 1. The van der Waals surface area contributed by atoms with Crippen molar-refractivity contribution in [1.82, 2.24) is 9.84 Å². The van der Waals surface area contributed by atoms with Crippen LogP contribution >= 0.6 is 0 Å². The van der Waals surface area contributed by atoms with E-state index in [2.05, 4.69) is 4.83 Å². The molecule has 0 atom stereocenters. The van der Waals surface area contributed by atoms with Gasteiger partial charge in [0.05, 0.1) is 11.5 Å². The molecule has 0 aromatic heterocycles. The highest BCUT2D eigenvalue weighted by Crippen LogP contribution is 2.15. The average Bonchev–Trinajstić information content (AvgIpc) is 2.25. The van der Waals surface area contributed by atoms with Crippen LogP contribution in [0.25, 0.3) is 0 Å². The Kier molecular flexibility index (Phi) is 4.88. The van der Waals surface area contributed by atoms with Gasteiger partial charge >= 0.3 is 0 Å². The van der Waals surface area contributed by atoms with Crippen LogP contribution in [-0.2, 0) is 10.0 Å². The number of aliphatic hydroxyl groups excluding tert-OH is 1. The minimum Gasteiger partial charge on any atom is -0.491 e. The lowest BCUT2D eigenvalue weighted by Gasteiger charge is -2.12. The van der Waals surface area contributed by atoms with Crippen LogP contribution in [-0.4, -0.2) is 45.8 Å². The van der Waals surface area contributed by atoms with Gasteiger partial charge in [0, 0.05) is 14.1 Å². The second-order valence-electron chi connectivity index (χ2n) is 3.53. The van der Waals surface area contributed by atoms with E-state index in [9.17, 15) is 8.42 Å². The Morgan fingerprint density at radius 1 is 1.29 bits per heavy atom. The van der Waals surface area contributed by atoms with E-state index in [0.717, 1.165) is 0 Å². The number of rotatable bonds is 6. The van der Waals surface area contributed by atoms with E-state index >= 15 is 0 Å². The minimum absolute atomic E-state index is 0.0811. The van der Waals surface area contributed by atoms with Crippen LogP contribution in [0.1, 0.15) is 0 Å². The van der Waals surface area contributed by atoms with E-state index in [-0.39, 0.29) is 18.1 Å². The highest BCUT2D eigenvalue weighted by Gasteiger charge is 2.14. The smallest absolute Gasteiger partial charge is 0.253 e. The number of hydrogen-bond acceptors (Lipinski definition) is 5. The van der Waals surface area contributed by atoms with Gasteiger partial charge in [0.15, 0.2) is 0 Å². The third kappa shape index (κ3) is 4.31. The number of ether oxygens (including phenoxy) is 1. The molecule has 0 unspecified atom stereocenters. The molecule has 17 heavy (non-hydrogen) atoms. The van der Waals surface area contributed by atoms with Crippen molar-refractivity contribution < 1.29 is 18.3 Å². The first-order chi connectivity index (χ1) is 7.95. The Hall–Kier alpha value is -1.15. The van der Waals surface area contributed by atoms with E-state index in [0.29, 0.717) is 5.75 Å². The Bertz CT molecular complexity index is 442. The standard InChI is InChI=1S/C10H16N2O4S/c1-12(2)11-17(14,15)10-5-3-9(4-6-10)16-8-7-13/h3-6,11,13H,7-8H2,1-2H3. The molecule has 96 valence electrons. The van der Waals surface area contributed by atoms with Crippen LogP contribution in [0.4, 0.5) is 0 Å². The number of nitrogens with zero attached hydrogens (tertiary/aromatic N) is 1. The van der Waals surface area contributed by atoms with Crippen LogP contribution in [0, 0.1) is 0 Å². The lowest BCUT2D eigenvalue weighted by atomic mass is 10.3. The monoisotopic (exact) mass is 260 g/mol. The van der Waals surface area contributed by atoms with Gasteiger partial charge < -0.3 is 9.84 Å². The molecule has 0 saturated heterocycles. The van der Waals surface area contributed by atoms with Gasteiger partial charge in [0.25, 0.3) is 10.0 Å². The van der Waals surface area contributed by atoms with Gasteiger partial charge in [-0.05, 0) is 24.3 Å². The summed E-state index contributed by atoms with van der Waals surface area (Å²) in [6.07, 6.45) is 0. The zero-order valence-electron chi connectivity index (χ0n) is 9.75. The molecule has 1 aromatic rings. The maximum Gasteiger partial charge on any atom is 0.253 e. The first kappa shape index (κ1) is 13.9. The van der Waals surface area contributed by atoms with Crippen LogP contribution in [0.2, 0.25) is 0 Å². The van der Waals surface area contributed by atoms with Gasteiger partial charge in [-0.3, -0.25) is 0 Å². The lowest BCUT2D eigenvalue weighted by molar-refractivity contribution is 0.201. The molecule has 0 radical (unpaired) electrons. The Balaban J connectivity index is 2.80. The summed E-state index contributed by atoms with van der Waals surface area (Å²) in [4.78, 5) is 2.48. The van der Waals surface area contributed by atoms with Crippen molar-refractivity contribution in [2.45, 2.75) is 4.90 Å². The van der Waals surface area contributed by atoms with Crippen molar-refractivity contribution in [3.63, 3.8) is 0 Å². The predicted molar refractivity (Wildman–Crippen MR) is 63.0 cm³/mol. The molecule has 0 aliphatic heterocycles. The molecule has 0 amide bonds. The lowest BCUT2D eigenvalue weighted by Crippen LogP contribution is -2.36. The highest BCUT2D eigenvalue weighted by atomic mass is 32.2. The molecule has 0 aliphatic carbocycles. The van der Waals surface area contributed by atoms with Crippen LogP contribution in [0.15, 0.2) is 29.2 Å². The third-order valence-corrected chi connectivity index (χ3v) is 3.30. The van der Waals surface area contributed by atoms with Crippen LogP contribution < -0.4 is 9.57 Å². The number of sulfonamides is 1. The van der Waals surface area contributed by atoms with Crippen LogP contribution in [0.3, 0.4) is 0 Å². The Labute approximate surface area is 101 Å². The second kappa shape index (κ2) is 5.97. The molecule has 2 N–H and O–H groups in total. The zero-order valence-corrected chi connectivity index (χ0v) is 10.6. The molecule has 0 spiro atoms. The molecular formula is C10H16N2O4S. The van der Waals surface area contributed by atoms with Crippen molar-refractivity contribution in [3.05, 3.63) is 24.3 Å². The molecular weight excluding hydrogens is 244 g/mol. The van der Waals surface area contributed by atoms with Crippen LogP contribution in [0.5, 0.6) is 5.75 Å². The molecule has 0 heterocycles. The van der Waals surface area contributed by atoms with E-state index in [4.69, 9.17) is 9.84 Å². The van der Waals surface area contributed by atoms with Gasteiger partial charge in [-0.1, -0.05) is 0 Å². The second-order valence-corrected chi connectivity index (χ2v) is 5.19. The molecule has 0 aliphatic rings. The summed E-state index contributed by atoms with van der Waals surface area (Å²) in [7, 11) is -0.339. The molecule has 0 saturated carbocycles. The van der Waals surface area contributed by atoms with Gasteiger partial charge in [0.1, 0.15) is 12.4 Å². The van der Waals surface area contributed by atoms with E-state index < -0.39 is 10.0 Å². The number of aliphatic hydroxyl groups is 1. The fourth-order valence-electron chi connectivity index (χ4n) is 1.17. The molecule has 1 aromatic carbocycles. The number of nitrogens with one attached hydrogen (secondary N) is 1. The van der Waals surface area contributed by atoms with Crippen molar-refractivity contribution in [2.24, 2.45) is 0 Å². The van der Waals surface area contributed by atoms with E-state index in [1.54, 1.807) is 26.2 Å². The maximum absolute atomic E-state index is 11.7. The summed E-state index contributed by atoms with van der Waals surface area (Å²) in [6, 6.07) is 5.97. The Morgan fingerprint density at radius 3 is 2.35 bits per heavy atom. The first-order valence-electron chi connectivity index (χ1n) is 4.99. The predicted octanol–water partition coefficient (Wildman–Crippen LogP) is -0.187. The van der Waals surface area contributed by atoms with Crippen molar-refractivity contribution >= 4 is 10.0 Å². The summed E-state index contributed by atoms with van der Waals surface area (Å²) in [6.45, 7) is 0.101. The normalized spacial score (nSPS) is 11.8. The SMILES string of the molecule is CN(C)NS(=O)(=O)c1ccc(OCCO)cc1.